The Labute approximate surface area is 229 Å². The first kappa shape index (κ1) is 27.3. The number of aromatic amines is 1. The van der Waals surface area contributed by atoms with Gasteiger partial charge in [-0.1, -0.05) is 17.7 Å². The van der Waals surface area contributed by atoms with Crippen molar-refractivity contribution in [2.24, 2.45) is 5.92 Å². The van der Waals surface area contributed by atoms with Crippen LogP contribution < -0.4 is 0 Å². The van der Waals surface area contributed by atoms with Crippen molar-refractivity contribution in [3.05, 3.63) is 76.2 Å². The van der Waals surface area contributed by atoms with Gasteiger partial charge in [0.05, 0.1) is 0 Å². The summed E-state index contributed by atoms with van der Waals surface area (Å²) in [5, 5.41) is 11.9. The Morgan fingerprint density at radius 2 is 1.67 bits per heavy atom. The van der Waals surface area contributed by atoms with Crippen molar-refractivity contribution in [3.8, 4) is 0 Å². The molecule has 0 saturated carbocycles. The molecule has 10 heteroatoms. The number of fused-ring (bicyclic) bond motifs is 1. The third-order valence-corrected chi connectivity index (χ3v) is 8.25. The molecule has 39 heavy (non-hydrogen) atoms. The van der Waals surface area contributed by atoms with Gasteiger partial charge in [0.15, 0.2) is 17.5 Å². The van der Waals surface area contributed by atoms with Crippen LogP contribution in [0.3, 0.4) is 0 Å². The summed E-state index contributed by atoms with van der Waals surface area (Å²) >= 11 is 6.11. The van der Waals surface area contributed by atoms with Crippen LogP contribution in [-0.2, 0) is 9.59 Å². The molecule has 6 nitrogen and oxygen atoms in total. The van der Waals surface area contributed by atoms with E-state index in [0.717, 1.165) is 35.9 Å². The van der Waals surface area contributed by atoms with Crippen LogP contribution in [0.4, 0.5) is 13.2 Å². The first-order chi connectivity index (χ1) is 18.7. The molecule has 0 aliphatic carbocycles. The lowest BCUT2D eigenvalue weighted by Crippen LogP contribution is -2.52. The average molecular weight is 560 g/mol. The number of aliphatic carboxylic acids is 1. The number of amides is 1. The number of likely N-dealkylation sites (tertiary alicyclic amines) is 2. The Bertz CT molecular complexity index is 1390. The fourth-order valence-electron chi connectivity index (χ4n) is 5.98. The zero-order valence-electron chi connectivity index (χ0n) is 21.2. The van der Waals surface area contributed by atoms with Gasteiger partial charge in [0.1, 0.15) is 6.04 Å². The van der Waals surface area contributed by atoms with Crippen LogP contribution in [0.2, 0.25) is 5.02 Å². The smallest absolute Gasteiger partial charge is 0.321 e. The normalized spacial score (nSPS) is 18.7. The molecule has 3 heterocycles. The van der Waals surface area contributed by atoms with Gasteiger partial charge in [-0.05, 0) is 92.1 Å². The van der Waals surface area contributed by atoms with E-state index in [2.05, 4.69) is 9.88 Å². The first-order valence-electron chi connectivity index (χ1n) is 13.1. The molecule has 0 bridgehead atoms. The topological polar surface area (TPSA) is 76.6 Å². The summed E-state index contributed by atoms with van der Waals surface area (Å²) in [5.41, 5.74) is 2.27. The molecule has 2 fully saturated rings. The highest BCUT2D eigenvalue weighted by molar-refractivity contribution is 6.31. The minimum Gasteiger partial charge on any atom is -0.480 e. The van der Waals surface area contributed by atoms with Gasteiger partial charge < -0.3 is 15.0 Å². The Kier molecular flexibility index (Phi) is 8.00. The number of halogens is 4. The lowest BCUT2D eigenvalue weighted by atomic mass is 9.84. The molecule has 2 aromatic carbocycles. The first-order valence-corrected chi connectivity index (χ1v) is 13.4. The van der Waals surface area contributed by atoms with Crippen LogP contribution in [-0.4, -0.2) is 64.0 Å². The summed E-state index contributed by atoms with van der Waals surface area (Å²) in [6.07, 6.45) is 7.26. The Morgan fingerprint density at radius 3 is 2.31 bits per heavy atom. The van der Waals surface area contributed by atoms with Gasteiger partial charge in [0.25, 0.3) is 0 Å². The average Bonchev–Trinajstić information content (AvgIpc) is 3.34. The second-order valence-electron chi connectivity index (χ2n) is 10.3. The van der Waals surface area contributed by atoms with Gasteiger partial charge in [-0.25, -0.2) is 13.2 Å². The van der Waals surface area contributed by atoms with Crippen molar-refractivity contribution in [2.45, 2.75) is 37.6 Å². The third-order valence-electron chi connectivity index (χ3n) is 8.01. The Morgan fingerprint density at radius 1 is 1.00 bits per heavy atom. The van der Waals surface area contributed by atoms with Gasteiger partial charge in [0, 0.05) is 41.3 Å². The zero-order chi connectivity index (χ0) is 27.7. The monoisotopic (exact) mass is 559 g/mol. The number of nitrogens with one attached hydrogen (secondary N) is 1. The standard InChI is InChI=1S/C29H29ClF3N3O3/c30-20-2-3-21-22(16-34-25(21)15-20)18-5-11-36(12-6-18)28(29(38)39)19-7-9-35(10-8-19)26(37)4-1-17-13-23(31)27(33)24(32)14-17/h1-4,13-16,18-19,28,34H,5-12H2,(H,38,39). The van der Waals surface area contributed by atoms with Gasteiger partial charge in [-0.2, -0.15) is 0 Å². The Balaban J connectivity index is 1.17. The summed E-state index contributed by atoms with van der Waals surface area (Å²) in [4.78, 5) is 31.9. The molecular weight excluding hydrogens is 531 g/mol. The lowest BCUT2D eigenvalue weighted by Gasteiger charge is -2.41. The van der Waals surface area contributed by atoms with Crippen LogP contribution in [0.15, 0.2) is 42.6 Å². The molecule has 3 aromatic rings. The van der Waals surface area contributed by atoms with E-state index in [1.807, 2.05) is 24.4 Å². The predicted molar refractivity (Wildman–Crippen MR) is 143 cm³/mol. The third kappa shape index (κ3) is 5.84. The largest absolute Gasteiger partial charge is 0.480 e. The number of H-pyrrole nitrogens is 1. The molecule has 1 aromatic heterocycles. The summed E-state index contributed by atoms with van der Waals surface area (Å²) in [6.45, 7) is 2.12. The van der Waals surface area contributed by atoms with E-state index in [1.54, 1.807) is 4.90 Å². The fourth-order valence-corrected chi connectivity index (χ4v) is 6.16. The highest BCUT2D eigenvalue weighted by Gasteiger charge is 2.38. The number of carbonyl (C=O) groups is 2. The molecule has 206 valence electrons. The number of rotatable bonds is 6. The van der Waals surface area contributed by atoms with Crippen molar-refractivity contribution >= 4 is 40.5 Å². The quantitative estimate of drug-likeness (QED) is 0.295. The number of piperidine rings is 2. The minimum atomic E-state index is -1.55. The number of carbonyl (C=O) groups excluding carboxylic acids is 1. The number of aromatic nitrogens is 1. The van der Waals surface area contributed by atoms with E-state index in [9.17, 15) is 27.9 Å². The molecule has 1 atom stereocenters. The van der Waals surface area contributed by atoms with Crippen molar-refractivity contribution in [1.29, 1.82) is 0 Å². The zero-order valence-corrected chi connectivity index (χ0v) is 21.9. The number of benzene rings is 2. The molecule has 2 aliphatic rings. The van der Waals surface area contributed by atoms with Crippen LogP contribution >= 0.6 is 11.6 Å². The van der Waals surface area contributed by atoms with Gasteiger partial charge in [0.2, 0.25) is 5.91 Å². The van der Waals surface area contributed by atoms with Crippen LogP contribution in [0.5, 0.6) is 0 Å². The molecule has 1 amide bonds. The molecule has 2 N–H and O–H groups in total. The second kappa shape index (κ2) is 11.4. The number of hydrogen-bond donors (Lipinski definition) is 2. The van der Waals surface area contributed by atoms with Gasteiger partial charge in [-0.3, -0.25) is 14.5 Å². The summed E-state index contributed by atoms with van der Waals surface area (Å²) in [5.74, 6) is -5.15. The van der Waals surface area contributed by atoms with E-state index in [0.29, 0.717) is 50.0 Å². The highest BCUT2D eigenvalue weighted by atomic mass is 35.5. The summed E-state index contributed by atoms with van der Waals surface area (Å²) < 4.78 is 40.0. The molecule has 0 radical (unpaired) electrons. The number of nitrogens with zero attached hydrogens (tertiary/aromatic N) is 2. The van der Waals surface area contributed by atoms with Gasteiger partial charge >= 0.3 is 5.97 Å². The van der Waals surface area contributed by atoms with Crippen molar-refractivity contribution in [3.63, 3.8) is 0 Å². The van der Waals surface area contributed by atoms with Crippen molar-refractivity contribution in [1.82, 2.24) is 14.8 Å². The summed E-state index contributed by atoms with van der Waals surface area (Å²) in [7, 11) is 0. The molecule has 2 saturated heterocycles. The molecule has 5 rings (SSSR count). The maximum absolute atomic E-state index is 13.4. The summed E-state index contributed by atoms with van der Waals surface area (Å²) in [6, 6.07) is 6.84. The van der Waals surface area contributed by atoms with E-state index >= 15 is 0 Å². The molecule has 0 spiro atoms. The molecular formula is C29H29ClF3N3O3. The van der Waals surface area contributed by atoms with Crippen LogP contribution in [0, 0.1) is 23.4 Å². The Hall–Kier alpha value is -3.30. The minimum absolute atomic E-state index is 0.0421. The number of hydrogen-bond acceptors (Lipinski definition) is 3. The highest BCUT2D eigenvalue weighted by Crippen LogP contribution is 2.36. The fraction of sp³-hybridized carbons (Fsp3) is 0.379. The number of carboxylic acids is 1. The second-order valence-corrected chi connectivity index (χ2v) is 10.8. The van der Waals surface area contributed by atoms with Gasteiger partial charge in [-0.15, -0.1) is 0 Å². The van der Waals surface area contributed by atoms with E-state index < -0.39 is 29.5 Å². The van der Waals surface area contributed by atoms with E-state index in [-0.39, 0.29) is 17.4 Å². The maximum atomic E-state index is 13.4. The van der Waals surface area contributed by atoms with Crippen molar-refractivity contribution in [2.75, 3.05) is 26.2 Å². The van der Waals surface area contributed by atoms with Crippen molar-refractivity contribution < 1.29 is 27.9 Å². The van der Waals surface area contributed by atoms with Crippen LogP contribution in [0.25, 0.3) is 17.0 Å². The van der Waals surface area contributed by atoms with E-state index in [1.165, 1.54) is 17.7 Å². The SMILES string of the molecule is O=C(O)C(C1CCN(C(=O)C=Cc2cc(F)c(F)c(F)c2)CC1)N1CCC(c2c[nH]c3cc(Cl)ccc23)CC1. The maximum Gasteiger partial charge on any atom is 0.321 e. The molecule has 2 aliphatic heterocycles. The van der Waals surface area contributed by atoms with E-state index in [4.69, 9.17) is 11.6 Å². The predicted octanol–water partition coefficient (Wildman–Crippen LogP) is 5.82. The lowest BCUT2D eigenvalue weighted by molar-refractivity contribution is -0.147. The van der Waals surface area contributed by atoms with Crippen LogP contribution in [0.1, 0.15) is 42.7 Å². The number of carboxylic acid groups (broad SMARTS) is 1. The molecule has 1 unspecified atom stereocenters.